The van der Waals surface area contributed by atoms with E-state index in [-0.39, 0.29) is 0 Å². The van der Waals surface area contributed by atoms with E-state index < -0.39 is 0 Å². The summed E-state index contributed by atoms with van der Waals surface area (Å²) in [5, 5.41) is 3.44. The van der Waals surface area contributed by atoms with Crippen molar-refractivity contribution in [2.24, 2.45) is 0 Å². The van der Waals surface area contributed by atoms with Crippen molar-refractivity contribution in [3.63, 3.8) is 0 Å². The summed E-state index contributed by atoms with van der Waals surface area (Å²) in [6.45, 7) is 5.50. The molecular weight excluding hydrogens is 320 g/mol. The number of hydrogen-bond acceptors (Lipinski definition) is 4. The first-order valence-corrected chi connectivity index (χ1v) is 7.75. The highest BCUT2D eigenvalue weighted by atomic mass is 79.9. The summed E-state index contributed by atoms with van der Waals surface area (Å²) >= 11 is 3.48. The van der Waals surface area contributed by atoms with Gasteiger partial charge in [0.25, 0.3) is 0 Å². The summed E-state index contributed by atoms with van der Waals surface area (Å²) in [5.41, 5.74) is 1.14. The van der Waals surface area contributed by atoms with Crippen molar-refractivity contribution >= 4 is 21.6 Å². The molecule has 0 saturated heterocycles. The molecule has 0 aliphatic carbocycles. The number of rotatable bonds is 11. The summed E-state index contributed by atoms with van der Waals surface area (Å²) in [7, 11) is 3.49. The number of benzene rings is 1. The normalized spacial score (nSPS) is 11.0. The Morgan fingerprint density at radius 2 is 1.90 bits per heavy atom. The number of nitrogens with zero attached hydrogens (tertiary/aromatic N) is 1. The van der Waals surface area contributed by atoms with E-state index in [2.05, 4.69) is 38.3 Å². The van der Waals surface area contributed by atoms with Crippen LogP contribution in [-0.4, -0.2) is 58.5 Å². The van der Waals surface area contributed by atoms with Gasteiger partial charge in [-0.15, -0.1) is 0 Å². The van der Waals surface area contributed by atoms with Crippen LogP contribution in [-0.2, 0) is 9.47 Å². The number of halogens is 1. The monoisotopic (exact) mass is 344 g/mol. The summed E-state index contributed by atoms with van der Waals surface area (Å²) in [6, 6.07) is 8.23. The van der Waals surface area contributed by atoms with Crippen molar-refractivity contribution in [1.82, 2.24) is 4.90 Å². The van der Waals surface area contributed by atoms with Gasteiger partial charge in [-0.3, -0.25) is 4.90 Å². The Hall–Kier alpha value is -0.620. The molecule has 4 nitrogen and oxygen atoms in total. The fourth-order valence-electron chi connectivity index (χ4n) is 1.95. The molecule has 0 saturated carbocycles. The maximum absolute atomic E-state index is 5.16. The third kappa shape index (κ3) is 7.85. The summed E-state index contributed by atoms with van der Waals surface area (Å²) in [6.07, 6.45) is 1.05. The molecule has 0 spiro atoms. The molecule has 1 aromatic carbocycles. The van der Waals surface area contributed by atoms with Gasteiger partial charge in [-0.05, 0) is 24.6 Å². The molecule has 0 atom stereocenters. The van der Waals surface area contributed by atoms with Gasteiger partial charge in [-0.2, -0.15) is 0 Å². The van der Waals surface area contributed by atoms with Gasteiger partial charge < -0.3 is 14.8 Å². The van der Waals surface area contributed by atoms with Crippen LogP contribution in [0.4, 0.5) is 5.69 Å². The van der Waals surface area contributed by atoms with Crippen LogP contribution in [0, 0.1) is 0 Å². The Labute approximate surface area is 130 Å². The summed E-state index contributed by atoms with van der Waals surface area (Å²) < 4.78 is 11.4. The Morgan fingerprint density at radius 3 is 2.60 bits per heavy atom. The number of ether oxygens (including phenoxy) is 2. The maximum atomic E-state index is 5.16. The zero-order valence-corrected chi connectivity index (χ0v) is 14.0. The minimum atomic E-state index is 0.768. The number of nitrogens with one attached hydrogen (secondary N) is 1. The quantitative estimate of drug-likeness (QED) is 0.626. The lowest BCUT2D eigenvalue weighted by Crippen LogP contribution is -2.33. The van der Waals surface area contributed by atoms with E-state index in [1.807, 2.05) is 12.1 Å². The van der Waals surface area contributed by atoms with E-state index in [1.165, 1.54) is 0 Å². The lowest BCUT2D eigenvalue weighted by atomic mass is 10.3. The van der Waals surface area contributed by atoms with Gasteiger partial charge in [-0.1, -0.05) is 22.0 Å². The molecule has 0 fully saturated rings. The largest absolute Gasteiger partial charge is 0.385 e. The Kier molecular flexibility index (Phi) is 9.66. The molecule has 1 rings (SSSR count). The lowest BCUT2D eigenvalue weighted by Gasteiger charge is -2.22. The second-order valence-electron chi connectivity index (χ2n) is 4.62. The van der Waals surface area contributed by atoms with Crippen molar-refractivity contribution in [1.29, 1.82) is 0 Å². The maximum Gasteiger partial charge on any atom is 0.0589 e. The number of methoxy groups -OCH3 is 2. The molecule has 0 amide bonds. The second kappa shape index (κ2) is 11.1. The Balaban J connectivity index is 2.29. The summed E-state index contributed by atoms with van der Waals surface area (Å²) in [5.74, 6) is 0. The van der Waals surface area contributed by atoms with E-state index in [4.69, 9.17) is 9.47 Å². The highest BCUT2D eigenvalue weighted by Gasteiger charge is 2.04. The van der Waals surface area contributed by atoms with Crippen molar-refractivity contribution < 1.29 is 9.47 Å². The third-order valence-corrected chi connectivity index (χ3v) is 3.51. The average Bonchev–Trinajstić information content (AvgIpc) is 2.44. The molecule has 0 bridgehead atoms. The van der Waals surface area contributed by atoms with Crippen LogP contribution in [0.5, 0.6) is 0 Å². The van der Waals surface area contributed by atoms with Crippen LogP contribution >= 0.6 is 15.9 Å². The molecule has 1 aromatic rings. The van der Waals surface area contributed by atoms with Gasteiger partial charge in [0.2, 0.25) is 0 Å². The van der Waals surface area contributed by atoms with E-state index >= 15 is 0 Å². The molecule has 0 radical (unpaired) electrons. The molecule has 114 valence electrons. The molecule has 0 aliphatic rings. The van der Waals surface area contributed by atoms with Crippen molar-refractivity contribution in [2.45, 2.75) is 6.42 Å². The van der Waals surface area contributed by atoms with Crippen molar-refractivity contribution in [3.8, 4) is 0 Å². The molecule has 0 aromatic heterocycles. The van der Waals surface area contributed by atoms with Gasteiger partial charge >= 0.3 is 0 Å². The minimum absolute atomic E-state index is 0.768. The van der Waals surface area contributed by atoms with Crippen LogP contribution in [0.1, 0.15) is 6.42 Å². The predicted octanol–water partition coefficient (Wildman–Crippen LogP) is 2.85. The van der Waals surface area contributed by atoms with E-state index in [1.54, 1.807) is 14.2 Å². The molecule has 0 aliphatic heterocycles. The Bertz CT molecular complexity index is 363. The van der Waals surface area contributed by atoms with Crippen LogP contribution in [0.3, 0.4) is 0 Å². The third-order valence-electron chi connectivity index (χ3n) is 3.02. The zero-order valence-electron chi connectivity index (χ0n) is 12.4. The fourth-order valence-corrected chi connectivity index (χ4v) is 2.34. The van der Waals surface area contributed by atoms with Crippen LogP contribution < -0.4 is 5.32 Å². The summed E-state index contributed by atoms with van der Waals surface area (Å²) in [4.78, 5) is 2.40. The highest BCUT2D eigenvalue weighted by Crippen LogP contribution is 2.15. The first kappa shape index (κ1) is 17.4. The van der Waals surface area contributed by atoms with Crippen LogP contribution in [0.25, 0.3) is 0 Å². The van der Waals surface area contributed by atoms with Gasteiger partial charge in [-0.25, -0.2) is 0 Å². The minimum Gasteiger partial charge on any atom is -0.385 e. The SMILES string of the molecule is COCCCN(CCNc1cccc(Br)c1)CCOC. The lowest BCUT2D eigenvalue weighted by molar-refractivity contribution is 0.135. The zero-order chi connectivity index (χ0) is 14.6. The van der Waals surface area contributed by atoms with Gasteiger partial charge in [0.05, 0.1) is 6.61 Å². The van der Waals surface area contributed by atoms with Gasteiger partial charge in [0.1, 0.15) is 0 Å². The molecule has 0 unspecified atom stereocenters. The molecule has 1 N–H and O–H groups in total. The van der Waals surface area contributed by atoms with Crippen LogP contribution in [0.2, 0.25) is 0 Å². The molecular formula is C15H25BrN2O2. The molecule has 5 heteroatoms. The smallest absolute Gasteiger partial charge is 0.0589 e. The second-order valence-corrected chi connectivity index (χ2v) is 5.53. The topological polar surface area (TPSA) is 33.7 Å². The van der Waals surface area contributed by atoms with Crippen LogP contribution in [0.15, 0.2) is 28.7 Å². The number of anilines is 1. The number of hydrogen-bond donors (Lipinski definition) is 1. The van der Waals surface area contributed by atoms with Gasteiger partial charge in [0, 0.05) is 57.2 Å². The predicted molar refractivity (Wildman–Crippen MR) is 87.4 cm³/mol. The van der Waals surface area contributed by atoms with Gasteiger partial charge in [0.15, 0.2) is 0 Å². The standard InChI is InChI=1S/C15H25BrN2O2/c1-19-11-4-8-18(10-12-20-2)9-7-17-15-6-3-5-14(16)13-15/h3,5-6,13,17H,4,7-12H2,1-2H3. The average molecular weight is 345 g/mol. The van der Waals surface area contributed by atoms with Crippen molar-refractivity contribution in [3.05, 3.63) is 28.7 Å². The highest BCUT2D eigenvalue weighted by molar-refractivity contribution is 9.10. The Morgan fingerprint density at radius 1 is 1.10 bits per heavy atom. The van der Waals surface area contributed by atoms with E-state index in [0.717, 1.165) is 56.0 Å². The molecule has 0 heterocycles. The fraction of sp³-hybridized carbons (Fsp3) is 0.600. The van der Waals surface area contributed by atoms with E-state index in [0.29, 0.717) is 0 Å². The van der Waals surface area contributed by atoms with Crippen molar-refractivity contribution in [2.75, 3.05) is 58.9 Å². The molecule has 20 heavy (non-hydrogen) atoms. The first-order chi connectivity index (χ1) is 9.76. The van der Waals surface area contributed by atoms with E-state index in [9.17, 15) is 0 Å². The first-order valence-electron chi connectivity index (χ1n) is 6.96.